The van der Waals surface area contributed by atoms with E-state index in [9.17, 15) is 19.8 Å². The highest BCUT2D eigenvalue weighted by Crippen LogP contribution is 2.60. The second kappa shape index (κ2) is 14.3. The van der Waals surface area contributed by atoms with E-state index >= 15 is 0 Å². The lowest BCUT2D eigenvalue weighted by molar-refractivity contribution is -0.852. The number of aliphatic hydroxyl groups is 1. The first kappa shape index (κ1) is 39.0. The highest BCUT2D eigenvalue weighted by atomic mass is 33.1. The minimum atomic E-state index is -1.35. The molecule has 1 aromatic carbocycles. The lowest BCUT2D eigenvalue weighted by Crippen LogP contribution is -3.04. The maximum Gasteiger partial charge on any atom is 0.342 e. The smallest absolute Gasteiger partial charge is 0.342 e. The highest BCUT2D eigenvalue weighted by molar-refractivity contribution is 8.76. The molecule has 1 spiro atoms. The number of aliphatic hydroxyl groups excluding tert-OH is 1. The predicted molar refractivity (Wildman–Crippen MR) is 232 cm³/mol. The summed E-state index contributed by atoms with van der Waals surface area (Å²) in [4.78, 5) is 43.6. The Morgan fingerprint density at radius 3 is 2.77 bits per heavy atom. The third-order valence-electron chi connectivity index (χ3n) is 14.0. The second-order valence-electron chi connectivity index (χ2n) is 17.8. The van der Waals surface area contributed by atoms with Gasteiger partial charge in [0.2, 0.25) is 0 Å². The lowest BCUT2D eigenvalue weighted by atomic mass is 9.64. The van der Waals surface area contributed by atoms with Gasteiger partial charge in [-0.1, -0.05) is 21.6 Å². The van der Waals surface area contributed by atoms with E-state index in [0.717, 1.165) is 34.6 Å². The van der Waals surface area contributed by atoms with Crippen molar-refractivity contribution in [1.29, 1.82) is 0 Å². The minimum absolute atomic E-state index is 0.0524. The number of rotatable bonds is 2. The number of fused-ring (bicyclic) bond motifs is 9. The van der Waals surface area contributed by atoms with Crippen LogP contribution < -0.4 is 26.5 Å². The van der Waals surface area contributed by atoms with Gasteiger partial charge < -0.3 is 40.3 Å². The largest absolute Gasteiger partial charge is 0.507 e. The molecule has 3 saturated heterocycles. The van der Waals surface area contributed by atoms with E-state index in [-0.39, 0.29) is 28.1 Å². The first-order valence-corrected chi connectivity index (χ1v) is 23.5. The summed E-state index contributed by atoms with van der Waals surface area (Å²) in [6.45, 7) is 5.08. The van der Waals surface area contributed by atoms with Crippen LogP contribution in [0.3, 0.4) is 0 Å². The number of ether oxygens (including phenoxy) is 3. The van der Waals surface area contributed by atoms with E-state index < -0.39 is 47.3 Å². The number of hydrogen-bond acceptors (Lipinski definition) is 15. The second-order valence-corrected chi connectivity index (χ2v) is 20.4. The Balaban J connectivity index is 0.992. The zero-order chi connectivity index (χ0) is 41.9. The molecule has 16 heteroatoms. The van der Waals surface area contributed by atoms with E-state index in [0.29, 0.717) is 91.0 Å². The number of benzene rings is 1. The van der Waals surface area contributed by atoms with E-state index in [2.05, 4.69) is 23.3 Å². The average molecular weight is 864 g/mol. The van der Waals surface area contributed by atoms with Crippen LogP contribution in [0.25, 0.3) is 22.2 Å². The molecule has 4 aromatic rings. The van der Waals surface area contributed by atoms with Crippen LogP contribution in [0, 0.1) is 18.8 Å². The van der Waals surface area contributed by atoms with Crippen LogP contribution in [0.15, 0.2) is 68.1 Å². The number of aliphatic imine (C=N–C) groups is 1. The molecule has 6 bridgehead atoms. The number of carbonyl (C=O) groups is 1. The number of nitrogen functional groups attached to an aromatic ring is 2. The Labute approximate surface area is 359 Å². The zero-order valence-electron chi connectivity index (χ0n) is 33.8. The zero-order valence-corrected chi connectivity index (χ0v) is 35.4. The number of nitrogens with one attached hydrogen (secondary N) is 1. The molecule has 0 amide bonds. The SMILES string of the molecule is Cc1cc(=O)c2c(O)c3c(cc2o1)OC1(C)CCSSCc2c(cc(C[NH+]4C=C5N=CC=C5C4)nc2N)-c2cc(cc(N)n2)CCC2OC24C(=O)OC1C3C1CCC4C(O)C1. The van der Waals surface area contributed by atoms with Crippen LogP contribution in [-0.4, -0.2) is 74.2 Å². The van der Waals surface area contributed by atoms with Crippen molar-refractivity contribution in [2.75, 3.05) is 23.8 Å². The van der Waals surface area contributed by atoms with Gasteiger partial charge in [0.15, 0.2) is 11.0 Å². The Hall–Kier alpha value is -4.87. The summed E-state index contributed by atoms with van der Waals surface area (Å²) in [6, 6.07) is 9.01. The molecule has 4 fully saturated rings. The number of aromatic nitrogens is 2. The molecule has 3 aromatic heterocycles. The van der Waals surface area contributed by atoms with Crippen molar-refractivity contribution >= 4 is 56.4 Å². The van der Waals surface area contributed by atoms with E-state index in [1.54, 1.807) is 34.6 Å². The average Bonchev–Trinajstić information content (AvgIpc) is 3.53. The number of pyridine rings is 2. The molecule has 7 aliphatic heterocycles. The number of phenolic OH excluding ortho intramolecular Hbond substituents is 1. The van der Waals surface area contributed by atoms with Gasteiger partial charge in [-0.15, -0.1) is 0 Å². The minimum Gasteiger partial charge on any atom is -0.507 e. The molecular weight excluding hydrogens is 817 g/mol. The number of allylic oxidation sites excluding steroid dienone is 1. The van der Waals surface area contributed by atoms with Crippen LogP contribution >= 0.6 is 21.6 Å². The molecule has 316 valence electrons. The lowest BCUT2D eigenvalue weighted by Gasteiger charge is -2.48. The van der Waals surface area contributed by atoms with Gasteiger partial charge in [-0.25, -0.2) is 14.8 Å². The number of nitrogens with two attached hydrogens (primary N) is 2. The summed E-state index contributed by atoms with van der Waals surface area (Å²) in [7, 11) is 3.28. The summed E-state index contributed by atoms with van der Waals surface area (Å²) < 4.78 is 26.1. The van der Waals surface area contributed by atoms with Gasteiger partial charge in [0.25, 0.3) is 0 Å². The first-order chi connectivity index (χ1) is 29.4. The summed E-state index contributed by atoms with van der Waals surface area (Å²) in [5.74, 6) is 0.690. The number of nitrogens with zero attached hydrogens (tertiary/aromatic N) is 3. The Morgan fingerprint density at radius 1 is 1.07 bits per heavy atom. The standard InChI is InChI=1S/C45H46N6O8S2/c1-21-11-32(53)38-33(56-21)16-34-39(40(38)54)37-23-4-5-28(31(52)14-23)45-35(59-45)6-3-22-12-29(50-36(46)13-22)26-15-25(18-51-17-24-7-9-48-30(24)19-51)49-42(47)27(26)20-61-60-10-8-44(2,58-34)41(37)57-43(45)55/h7,9,11-13,15-16,19,23,28,31,35,37,41,52,54H,3-6,8,10,14,17-18,20H2,1-2H3,(H2,46,50)(H2,47,49)/p+1. The highest BCUT2D eigenvalue weighted by Gasteiger charge is 2.71. The maximum absolute atomic E-state index is 14.9. The summed E-state index contributed by atoms with van der Waals surface area (Å²) >= 11 is 0. The van der Waals surface area contributed by atoms with Gasteiger partial charge in [-0.2, -0.15) is 0 Å². The Bertz CT molecular complexity index is 2700. The molecule has 7 N–H and O–H groups in total. The van der Waals surface area contributed by atoms with Crippen LogP contribution in [0.4, 0.5) is 11.6 Å². The molecule has 1 saturated carbocycles. The Morgan fingerprint density at radius 2 is 1.93 bits per heavy atom. The van der Waals surface area contributed by atoms with Crippen molar-refractivity contribution in [1.82, 2.24) is 9.97 Å². The van der Waals surface area contributed by atoms with Gasteiger partial charge in [0.05, 0.1) is 23.6 Å². The Kier molecular flexibility index (Phi) is 9.17. The number of esters is 1. The summed E-state index contributed by atoms with van der Waals surface area (Å²) in [5.41, 5.74) is 17.6. The number of epoxide rings is 1. The molecule has 8 aliphatic rings. The van der Waals surface area contributed by atoms with Crippen molar-refractivity contribution in [3.8, 4) is 22.8 Å². The van der Waals surface area contributed by atoms with Crippen molar-refractivity contribution in [3.05, 3.63) is 92.2 Å². The van der Waals surface area contributed by atoms with E-state index in [1.165, 1.54) is 16.5 Å². The number of carbonyl (C=O) groups excluding carboxylic acids is 1. The van der Waals surface area contributed by atoms with Crippen molar-refractivity contribution in [3.63, 3.8) is 0 Å². The van der Waals surface area contributed by atoms with Crippen LogP contribution in [-0.2, 0) is 33.0 Å². The number of phenols is 1. The van der Waals surface area contributed by atoms with Crippen LogP contribution in [0.1, 0.15) is 73.1 Å². The number of aryl methyl sites for hydroxylation is 2. The van der Waals surface area contributed by atoms with E-state index in [1.807, 2.05) is 25.3 Å². The van der Waals surface area contributed by atoms with Crippen molar-refractivity contribution in [2.45, 2.75) is 100 Å². The third-order valence-corrected chi connectivity index (χ3v) is 16.3. The van der Waals surface area contributed by atoms with Crippen molar-refractivity contribution in [2.24, 2.45) is 16.8 Å². The predicted octanol–water partition coefficient (Wildman–Crippen LogP) is 4.67. The van der Waals surface area contributed by atoms with Gasteiger partial charge in [-0.05, 0) is 81.7 Å². The topological polar surface area (TPSA) is 213 Å². The number of anilines is 2. The summed E-state index contributed by atoms with van der Waals surface area (Å²) in [5, 5.41) is 24.0. The quantitative estimate of drug-likeness (QED) is 0.105. The molecule has 9 unspecified atom stereocenters. The fraction of sp³-hybridized carbons (Fsp3) is 0.444. The molecule has 9 atom stereocenters. The van der Waals surface area contributed by atoms with Crippen LogP contribution in [0.2, 0.25) is 0 Å². The molecule has 0 radical (unpaired) electrons. The number of aromatic hydroxyl groups is 1. The van der Waals surface area contributed by atoms with Crippen LogP contribution in [0.5, 0.6) is 11.5 Å². The van der Waals surface area contributed by atoms with E-state index in [4.69, 9.17) is 40.1 Å². The molecule has 12 rings (SSSR count). The fourth-order valence-electron chi connectivity index (χ4n) is 11.1. The van der Waals surface area contributed by atoms with Gasteiger partial charge in [0, 0.05) is 70.4 Å². The van der Waals surface area contributed by atoms with Gasteiger partial charge in [-0.3, -0.25) is 14.7 Å². The fourth-order valence-corrected chi connectivity index (χ4v) is 13.4. The van der Waals surface area contributed by atoms with Gasteiger partial charge in [0.1, 0.15) is 76.6 Å². The monoisotopic (exact) mass is 863 g/mol. The molecular formula is C45H47N6O8S2+. The molecule has 61 heavy (non-hydrogen) atoms. The maximum atomic E-state index is 14.9. The molecule has 14 nitrogen and oxygen atoms in total. The molecule has 1 aliphatic carbocycles. The number of quaternary nitrogens is 1. The summed E-state index contributed by atoms with van der Waals surface area (Å²) in [6.07, 6.45) is 6.78. The first-order valence-electron chi connectivity index (χ1n) is 21.0. The van der Waals surface area contributed by atoms with Gasteiger partial charge >= 0.3 is 5.97 Å². The number of hydrogen-bond donors (Lipinski definition) is 5. The third kappa shape index (κ3) is 6.38. The molecule has 10 heterocycles. The normalized spacial score (nSPS) is 32.4. The van der Waals surface area contributed by atoms with Crippen molar-refractivity contribution < 1.29 is 38.5 Å².